The average molecular weight is 386 g/mol. The molecule has 152 valence electrons. The molecule has 6 heteroatoms. The highest BCUT2D eigenvalue weighted by atomic mass is 16.2. The highest BCUT2D eigenvalue weighted by Gasteiger charge is 2.49. The van der Waals surface area contributed by atoms with Crippen LogP contribution in [0.1, 0.15) is 69.9 Å². The van der Waals surface area contributed by atoms with Crippen molar-refractivity contribution in [2.75, 3.05) is 19.6 Å². The third-order valence-electron chi connectivity index (χ3n) is 5.93. The van der Waals surface area contributed by atoms with Crippen molar-refractivity contribution >= 4 is 17.8 Å². The Morgan fingerprint density at radius 1 is 1.04 bits per heavy atom. The maximum atomic E-state index is 13.1. The maximum absolute atomic E-state index is 13.1. The summed E-state index contributed by atoms with van der Waals surface area (Å²) in [6, 6.07) is 7.24. The molecule has 1 aromatic carbocycles. The summed E-state index contributed by atoms with van der Waals surface area (Å²) in [5.41, 5.74) is 0.771. The van der Waals surface area contributed by atoms with Crippen LogP contribution >= 0.6 is 0 Å². The smallest absolute Gasteiger partial charge is 0.325 e. The fourth-order valence-corrected chi connectivity index (χ4v) is 3.97. The lowest BCUT2D eigenvalue weighted by Crippen LogP contribution is -2.45. The van der Waals surface area contributed by atoms with E-state index < -0.39 is 11.6 Å². The van der Waals surface area contributed by atoms with Crippen molar-refractivity contribution in [3.05, 3.63) is 35.4 Å². The first kappa shape index (κ1) is 20.4. The van der Waals surface area contributed by atoms with Gasteiger partial charge in [0, 0.05) is 13.1 Å². The largest absolute Gasteiger partial charge is 0.341 e. The van der Waals surface area contributed by atoms with Gasteiger partial charge in [-0.05, 0) is 36.8 Å². The molecule has 0 spiro atoms. The predicted molar refractivity (Wildman–Crippen MR) is 108 cm³/mol. The molecule has 2 heterocycles. The minimum Gasteiger partial charge on any atom is -0.341 e. The number of hydrogen-bond donors (Lipinski definition) is 1. The van der Waals surface area contributed by atoms with Crippen molar-refractivity contribution < 1.29 is 14.4 Å². The molecule has 2 aliphatic rings. The van der Waals surface area contributed by atoms with E-state index in [9.17, 15) is 14.4 Å². The lowest BCUT2D eigenvalue weighted by atomic mass is 9.90. The van der Waals surface area contributed by atoms with E-state index in [2.05, 4.69) is 19.2 Å². The number of nitrogens with zero attached hydrogens (tertiary/aromatic N) is 2. The van der Waals surface area contributed by atoms with Crippen LogP contribution in [0.5, 0.6) is 0 Å². The molecule has 2 fully saturated rings. The maximum Gasteiger partial charge on any atom is 0.325 e. The van der Waals surface area contributed by atoms with Crippen molar-refractivity contribution in [3.8, 4) is 0 Å². The molecule has 2 saturated heterocycles. The molecular formula is C22H31N3O3. The first-order chi connectivity index (χ1) is 13.3. The summed E-state index contributed by atoms with van der Waals surface area (Å²) in [6.45, 7) is 7.14. The van der Waals surface area contributed by atoms with Crippen LogP contribution in [0.3, 0.4) is 0 Å². The summed E-state index contributed by atoms with van der Waals surface area (Å²) in [5, 5.41) is 2.79. The van der Waals surface area contributed by atoms with Gasteiger partial charge in [-0.3, -0.25) is 14.5 Å². The quantitative estimate of drug-likeness (QED) is 0.808. The number of urea groups is 1. The van der Waals surface area contributed by atoms with Gasteiger partial charge in [0.15, 0.2) is 0 Å². The molecule has 0 aromatic heterocycles. The molecule has 6 nitrogen and oxygen atoms in total. The van der Waals surface area contributed by atoms with E-state index in [0.717, 1.165) is 36.1 Å². The Morgan fingerprint density at radius 3 is 2.18 bits per heavy atom. The van der Waals surface area contributed by atoms with Gasteiger partial charge < -0.3 is 10.2 Å². The summed E-state index contributed by atoms with van der Waals surface area (Å²) in [4.78, 5) is 41.2. The van der Waals surface area contributed by atoms with Crippen LogP contribution in [-0.2, 0) is 15.1 Å². The zero-order valence-electron chi connectivity index (χ0n) is 17.2. The molecule has 0 bridgehead atoms. The number of nitrogens with one attached hydrogen (secondary N) is 1. The average Bonchev–Trinajstić information content (AvgIpc) is 2.85. The minimum atomic E-state index is -1.14. The van der Waals surface area contributed by atoms with Crippen LogP contribution in [0, 0.1) is 0 Å². The Labute approximate surface area is 167 Å². The zero-order valence-corrected chi connectivity index (χ0v) is 17.2. The van der Waals surface area contributed by atoms with Gasteiger partial charge in [-0.15, -0.1) is 0 Å². The van der Waals surface area contributed by atoms with Crippen molar-refractivity contribution in [2.24, 2.45) is 0 Å². The van der Waals surface area contributed by atoms with E-state index in [-0.39, 0.29) is 18.4 Å². The number of carbonyl (C=O) groups excluding carboxylic acids is 3. The Morgan fingerprint density at radius 2 is 1.61 bits per heavy atom. The van der Waals surface area contributed by atoms with Gasteiger partial charge >= 0.3 is 6.03 Å². The second-order valence-corrected chi connectivity index (χ2v) is 8.37. The topological polar surface area (TPSA) is 69.7 Å². The molecule has 1 atom stereocenters. The van der Waals surface area contributed by atoms with Crippen molar-refractivity contribution in [1.82, 2.24) is 15.1 Å². The second kappa shape index (κ2) is 8.33. The minimum absolute atomic E-state index is 0.148. The molecule has 0 aliphatic carbocycles. The number of carbonyl (C=O) groups is 3. The van der Waals surface area contributed by atoms with Gasteiger partial charge in [-0.25, -0.2) is 4.79 Å². The van der Waals surface area contributed by atoms with E-state index in [1.165, 1.54) is 12.0 Å². The van der Waals surface area contributed by atoms with Crippen LogP contribution in [0.2, 0.25) is 0 Å². The van der Waals surface area contributed by atoms with Crippen LogP contribution in [0.4, 0.5) is 4.79 Å². The summed E-state index contributed by atoms with van der Waals surface area (Å²) < 4.78 is 0. The number of hydrogen-bond acceptors (Lipinski definition) is 3. The monoisotopic (exact) mass is 385 g/mol. The molecule has 3 rings (SSSR count). The first-order valence-corrected chi connectivity index (χ1v) is 10.4. The highest BCUT2D eigenvalue weighted by Crippen LogP contribution is 2.30. The van der Waals surface area contributed by atoms with E-state index in [0.29, 0.717) is 19.0 Å². The van der Waals surface area contributed by atoms with Gasteiger partial charge in [0.05, 0.1) is 0 Å². The van der Waals surface area contributed by atoms with Crippen molar-refractivity contribution in [1.29, 1.82) is 0 Å². The Balaban J connectivity index is 1.72. The molecule has 1 N–H and O–H groups in total. The number of imide groups is 1. The SMILES string of the molecule is CC(C)c1ccc([C@]2(C)NC(=O)N(CC(=O)N3CCCCCCC3)C2=O)cc1. The van der Waals surface area contributed by atoms with Gasteiger partial charge in [-0.2, -0.15) is 0 Å². The molecule has 28 heavy (non-hydrogen) atoms. The number of amides is 4. The Hall–Kier alpha value is -2.37. The van der Waals surface area contributed by atoms with E-state index >= 15 is 0 Å². The molecule has 4 amide bonds. The third-order valence-corrected chi connectivity index (χ3v) is 5.93. The number of rotatable bonds is 4. The van der Waals surface area contributed by atoms with Gasteiger partial charge in [0.2, 0.25) is 5.91 Å². The summed E-state index contributed by atoms with van der Waals surface area (Å²) >= 11 is 0. The molecule has 0 radical (unpaired) electrons. The van der Waals surface area contributed by atoms with Crippen LogP contribution in [-0.4, -0.2) is 47.3 Å². The fraction of sp³-hybridized carbons (Fsp3) is 0.591. The lowest BCUT2D eigenvalue weighted by molar-refractivity contribution is -0.139. The van der Waals surface area contributed by atoms with Gasteiger partial charge in [-0.1, -0.05) is 57.4 Å². The van der Waals surface area contributed by atoms with E-state index in [4.69, 9.17) is 0 Å². The van der Waals surface area contributed by atoms with Crippen LogP contribution in [0.15, 0.2) is 24.3 Å². The van der Waals surface area contributed by atoms with Crippen molar-refractivity contribution in [3.63, 3.8) is 0 Å². The molecular weight excluding hydrogens is 354 g/mol. The molecule has 0 unspecified atom stereocenters. The summed E-state index contributed by atoms with van der Waals surface area (Å²) in [6.07, 6.45) is 5.41. The number of likely N-dealkylation sites (tertiary alicyclic amines) is 1. The highest BCUT2D eigenvalue weighted by molar-refractivity contribution is 6.09. The van der Waals surface area contributed by atoms with Crippen LogP contribution in [0.25, 0.3) is 0 Å². The summed E-state index contributed by atoms with van der Waals surface area (Å²) in [7, 11) is 0. The van der Waals surface area contributed by atoms with Gasteiger partial charge in [0.1, 0.15) is 12.1 Å². The Kier molecular flexibility index (Phi) is 6.06. The van der Waals surface area contributed by atoms with Crippen molar-refractivity contribution in [2.45, 2.75) is 64.3 Å². The van der Waals surface area contributed by atoms with Crippen LogP contribution < -0.4 is 5.32 Å². The normalized spacial score (nSPS) is 23.6. The Bertz CT molecular complexity index is 736. The molecule has 1 aromatic rings. The van der Waals surface area contributed by atoms with E-state index in [1.807, 2.05) is 24.3 Å². The zero-order chi connectivity index (χ0) is 20.3. The standard InChI is InChI=1S/C22H31N3O3/c1-16(2)17-9-11-18(12-10-17)22(3)20(27)25(21(28)23-22)15-19(26)24-13-7-5-4-6-8-14-24/h9-12,16H,4-8,13-15H2,1-3H3,(H,23,28)/t22-/m0/s1. The molecule has 2 aliphatic heterocycles. The summed E-state index contributed by atoms with van der Waals surface area (Å²) in [5.74, 6) is -0.123. The number of benzene rings is 1. The molecule has 0 saturated carbocycles. The van der Waals surface area contributed by atoms with E-state index in [1.54, 1.807) is 11.8 Å². The van der Waals surface area contributed by atoms with Gasteiger partial charge in [0.25, 0.3) is 5.91 Å². The lowest BCUT2D eigenvalue weighted by Gasteiger charge is -2.27. The first-order valence-electron chi connectivity index (χ1n) is 10.4. The second-order valence-electron chi connectivity index (χ2n) is 8.37. The fourth-order valence-electron chi connectivity index (χ4n) is 3.97. The third kappa shape index (κ3) is 4.05. The predicted octanol–water partition coefficient (Wildman–Crippen LogP) is 3.37.